The van der Waals surface area contributed by atoms with Gasteiger partial charge in [0.2, 0.25) is 0 Å². The van der Waals surface area contributed by atoms with Crippen LogP contribution in [0.4, 0.5) is 0 Å². The Hall–Kier alpha value is -2.22. The molecular formula is C16H14N2. The Labute approximate surface area is 105 Å². The highest BCUT2D eigenvalue weighted by molar-refractivity contribution is 6.04. The van der Waals surface area contributed by atoms with Crippen LogP contribution in [0.1, 0.15) is 13.8 Å². The minimum Gasteiger partial charge on any atom is -0.252 e. The molecule has 0 spiro atoms. The van der Waals surface area contributed by atoms with Crippen LogP contribution < -0.4 is 10.4 Å². The van der Waals surface area contributed by atoms with Gasteiger partial charge in [-0.2, -0.15) is 0 Å². The third-order valence-electron chi connectivity index (χ3n) is 3.29. The van der Waals surface area contributed by atoms with Crippen molar-refractivity contribution < 1.29 is 0 Å². The van der Waals surface area contributed by atoms with Crippen LogP contribution in [-0.4, -0.2) is 9.97 Å². The highest BCUT2D eigenvalue weighted by atomic mass is 14.8. The Morgan fingerprint density at radius 3 is 2.06 bits per heavy atom. The first-order chi connectivity index (χ1) is 8.86. The summed E-state index contributed by atoms with van der Waals surface area (Å²) in [5.41, 5.74) is 1.96. The summed E-state index contributed by atoms with van der Waals surface area (Å²) in [5.74, 6) is 0. The molecule has 3 rings (SSSR count). The van der Waals surface area contributed by atoms with E-state index in [0.717, 1.165) is 11.0 Å². The predicted molar refractivity (Wildman–Crippen MR) is 76.6 cm³/mol. The number of nitrogens with zero attached hydrogens (tertiary/aromatic N) is 2. The third-order valence-corrected chi connectivity index (χ3v) is 3.29. The number of benzene rings is 2. The molecule has 0 atom stereocenters. The number of fused-ring (bicyclic) bond motifs is 3. The lowest BCUT2D eigenvalue weighted by molar-refractivity contribution is 1.29. The minimum atomic E-state index is 0.979. The average Bonchev–Trinajstić information content (AvgIpc) is 2.45. The maximum Gasteiger partial charge on any atom is 0.0971 e. The molecule has 3 aromatic rings. The molecule has 2 aromatic carbocycles. The number of rotatable bonds is 0. The van der Waals surface area contributed by atoms with Crippen LogP contribution in [0.25, 0.3) is 34.0 Å². The van der Waals surface area contributed by atoms with E-state index >= 15 is 0 Å². The number of aromatic nitrogens is 2. The van der Waals surface area contributed by atoms with Crippen LogP contribution in [0, 0.1) is 0 Å². The van der Waals surface area contributed by atoms with E-state index in [4.69, 9.17) is 0 Å². The van der Waals surface area contributed by atoms with Crippen LogP contribution in [-0.2, 0) is 0 Å². The molecule has 1 aromatic heterocycles. The van der Waals surface area contributed by atoms with E-state index < -0.39 is 0 Å². The molecule has 2 nitrogen and oxygen atoms in total. The van der Waals surface area contributed by atoms with Crippen molar-refractivity contribution >= 4 is 34.0 Å². The van der Waals surface area contributed by atoms with Crippen molar-refractivity contribution in [2.75, 3.05) is 0 Å². The topological polar surface area (TPSA) is 25.8 Å². The van der Waals surface area contributed by atoms with Gasteiger partial charge in [0.15, 0.2) is 0 Å². The van der Waals surface area contributed by atoms with Crippen molar-refractivity contribution in [2.45, 2.75) is 13.8 Å². The molecule has 0 fully saturated rings. The fraction of sp³-hybridized carbons (Fsp3) is 0.125. The molecule has 18 heavy (non-hydrogen) atoms. The van der Waals surface area contributed by atoms with Gasteiger partial charge in [0.05, 0.1) is 11.0 Å². The molecular weight excluding hydrogens is 220 g/mol. The highest BCUT2D eigenvalue weighted by Crippen LogP contribution is 2.16. The van der Waals surface area contributed by atoms with E-state index in [9.17, 15) is 0 Å². The smallest absolute Gasteiger partial charge is 0.0971 e. The van der Waals surface area contributed by atoms with E-state index in [0.29, 0.717) is 0 Å². The van der Waals surface area contributed by atoms with Crippen molar-refractivity contribution in [3.8, 4) is 0 Å². The highest BCUT2D eigenvalue weighted by Gasteiger charge is 2.05. The standard InChI is InChI=1S/C16H14N2/c1-3-11-12(4-2)15-16(18-10-9-17-15)14-8-6-5-7-13(11)14/h3-10H,1-2H3/b11-3+,12-4+. The Balaban J connectivity index is 2.81. The maximum atomic E-state index is 4.50. The van der Waals surface area contributed by atoms with Gasteiger partial charge in [0, 0.05) is 23.0 Å². The molecule has 88 valence electrons. The van der Waals surface area contributed by atoms with Gasteiger partial charge in [-0.05, 0) is 24.5 Å². The molecule has 0 aliphatic carbocycles. The normalized spacial score (nSPS) is 13.7. The summed E-state index contributed by atoms with van der Waals surface area (Å²) >= 11 is 0. The number of hydrogen-bond donors (Lipinski definition) is 0. The van der Waals surface area contributed by atoms with E-state index in [2.05, 4.69) is 47.2 Å². The lowest BCUT2D eigenvalue weighted by Crippen LogP contribution is -2.26. The zero-order valence-electron chi connectivity index (χ0n) is 10.5. The second-order valence-electron chi connectivity index (χ2n) is 4.20. The Kier molecular flexibility index (Phi) is 2.56. The van der Waals surface area contributed by atoms with Crippen LogP contribution in [0.5, 0.6) is 0 Å². The zero-order chi connectivity index (χ0) is 12.5. The lowest BCUT2D eigenvalue weighted by Gasteiger charge is -2.05. The fourth-order valence-corrected chi connectivity index (χ4v) is 2.53. The fourth-order valence-electron chi connectivity index (χ4n) is 2.53. The summed E-state index contributed by atoms with van der Waals surface area (Å²) in [6.07, 6.45) is 7.76. The van der Waals surface area contributed by atoms with E-state index in [1.165, 1.54) is 21.2 Å². The second-order valence-corrected chi connectivity index (χ2v) is 4.20. The molecule has 0 aliphatic rings. The molecule has 1 heterocycles. The summed E-state index contributed by atoms with van der Waals surface area (Å²) in [7, 11) is 0. The molecule has 0 radical (unpaired) electrons. The van der Waals surface area contributed by atoms with Gasteiger partial charge in [0.1, 0.15) is 0 Å². The van der Waals surface area contributed by atoms with Crippen molar-refractivity contribution in [2.24, 2.45) is 0 Å². The molecule has 2 heteroatoms. The molecule has 0 N–H and O–H groups in total. The van der Waals surface area contributed by atoms with Crippen LogP contribution in [0.3, 0.4) is 0 Å². The lowest BCUT2D eigenvalue weighted by atomic mass is 10.0. The predicted octanol–water partition coefficient (Wildman–Crippen LogP) is 2.38. The van der Waals surface area contributed by atoms with Crippen LogP contribution in [0.2, 0.25) is 0 Å². The number of hydrogen-bond acceptors (Lipinski definition) is 2. The van der Waals surface area contributed by atoms with E-state index in [1.807, 2.05) is 13.0 Å². The van der Waals surface area contributed by atoms with Gasteiger partial charge in [-0.1, -0.05) is 36.4 Å². The minimum absolute atomic E-state index is 0.979. The van der Waals surface area contributed by atoms with Crippen molar-refractivity contribution in [1.82, 2.24) is 9.97 Å². The van der Waals surface area contributed by atoms with Crippen LogP contribution >= 0.6 is 0 Å². The molecule has 0 unspecified atom stereocenters. The van der Waals surface area contributed by atoms with Gasteiger partial charge in [-0.25, -0.2) is 0 Å². The Bertz CT molecular complexity index is 775. The monoisotopic (exact) mass is 234 g/mol. The first-order valence-corrected chi connectivity index (χ1v) is 6.11. The summed E-state index contributed by atoms with van der Waals surface area (Å²) < 4.78 is 0. The quantitative estimate of drug-likeness (QED) is 0.558. The van der Waals surface area contributed by atoms with Crippen LogP contribution in [0.15, 0.2) is 36.7 Å². The van der Waals surface area contributed by atoms with Gasteiger partial charge in [0.25, 0.3) is 0 Å². The molecule has 0 aliphatic heterocycles. The summed E-state index contributed by atoms with van der Waals surface area (Å²) in [6.45, 7) is 4.11. The largest absolute Gasteiger partial charge is 0.252 e. The molecule has 0 amide bonds. The first-order valence-electron chi connectivity index (χ1n) is 6.11. The maximum absolute atomic E-state index is 4.50. The Morgan fingerprint density at radius 2 is 1.39 bits per heavy atom. The third kappa shape index (κ3) is 1.42. The summed E-state index contributed by atoms with van der Waals surface area (Å²) in [6, 6.07) is 8.37. The zero-order valence-corrected chi connectivity index (χ0v) is 10.5. The van der Waals surface area contributed by atoms with Crippen molar-refractivity contribution in [3.05, 3.63) is 47.1 Å². The van der Waals surface area contributed by atoms with Crippen molar-refractivity contribution in [1.29, 1.82) is 0 Å². The average molecular weight is 234 g/mol. The Morgan fingerprint density at radius 1 is 0.778 bits per heavy atom. The summed E-state index contributed by atoms with van der Waals surface area (Å²) in [4.78, 5) is 8.99. The van der Waals surface area contributed by atoms with Gasteiger partial charge >= 0.3 is 0 Å². The molecule has 0 bridgehead atoms. The molecule has 0 saturated heterocycles. The van der Waals surface area contributed by atoms with E-state index in [-0.39, 0.29) is 0 Å². The van der Waals surface area contributed by atoms with Crippen molar-refractivity contribution in [3.63, 3.8) is 0 Å². The summed E-state index contributed by atoms with van der Waals surface area (Å²) in [5, 5.41) is 4.81. The first kappa shape index (κ1) is 10.9. The van der Waals surface area contributed by atoms with Gasteiger partial charge in [-0.3, -0.25) is 9.97 Å². The second kappa shape index (κ2) is 4.22. The molecule has 0 saturated carbocycles. The van der Waals surface area contributed by atoms with Gasteiger partial charge < -0.3 is 0 Å². The SMILES string of the molecule is C/C=c1\c(=C/C)c2nccnc2c2ccccc12. The van der Waals surface area contributed by atoms with E-state index in [1.54, 1.807) is 12.4 Å². The van der Waals surface area contributed by atoms with Gasteiger partial charge in [-0.15, -0.1) is 0 Å².